The highest BCUT2D eigenvalue weighted by atomic mass is 28.4. The molecule has 1 heterocycles. The molecular formula is C20H34N4O3Si. The zero-order valence-electron chi connectivity index (χ0n) is 17.9. The summed E-state index contributed by atoms with van der Waals surface area (Å²) in [6.45, 7) is 14.2. The summed E-state index contributed by atoms with van der Waals surface area (Å²) in [5.74, 6) is 0.186. The van der Waals surface area contributed by atoms with Gasteiger partial charge in [-0.05, 0) is 48.8 Å². The van der Waals surface area contributed by atoms with Crippen LogP contribution in [-0.4, -0.2) is 47.0 Å². The summed E-state index contributed by atoms with van der Waals surface area (Å²) in [7, 11) is -0.227. The predicted octanol–water partition coefficient (Wildman–Crippen LogP) is 3.11. The van der Waals surface area contributed by atoms with Gasteiger partial charge in [0.1, 0.15) is 0 Å². The summed E-state index contributed by atoms with van der Waals surface area (Å²) >= 11 is 0. The van der Waals surface area contributed by atoms with Crippen molar-refractivity contribution in [3.05, 3.63) is 29.8 Å². The van der Waals surface area contributed by atoms with E-state index >= 15 is 0 Å². The van der Waals surface area contributed by atoms with Crippen molar-refractivity contribution >= 4 is 25.9 Å². The summed E-state index contributed by atoms with van der Waals surface area (Å²) in [6.07, 6.45) is 1.12. The Hall–Kier alpha value is -2.06. The Morgan fingerprint density at radius 3 is 2.39 bits per heavy atom. The Kier molecular flexibility index (Phi) is 7.11. The molecule has 3 amide bonds. The molecule has 0 radical (unpaired) electrons. The van der Waals surface area contributed by atoms with Gasteiger partial charge in [-0.15, -0.1) is 0 Å². The molecule has 156 valence electrons. The second kappa shape index (κ2) is 8.96. The molecule has 1 unspecified atom stereocenters. The lowest BCUT2D eigenvalue weighted by Gasteiger charge is -2.37. The zero-order valence-corrected chi connectivity index (χ0v) is 18.9. The lowest BCUT2D eigenvalue weighted by molar-refractivity contribution is 0.0936. The second-order valence-corrected chi connectivity index (χ2v) is 13.7. The Labute approximate surface area is 169 Å². The van der Waals surface area contributed by atoms with E-state index < -0.39 is 14.3 Å². The van der Waals surface area contributed by atoms with Crippen LogP contribution in [0.5, 0.6) is 0 Å². The molecule has 1 aliphatic heterocycles. The first-order chi connectivity index (χ1) is 13.0. The molecule has 28 heavy (non-hydrogen) atoms. The normalized spacial score (nSPS) is 17.4. The molecule has 8 heteroatoms. The van der Waals surface area contributed by atoms with Crippen LogP contribution in [0.25, 0.3) is 0 Å². The van der Waals surface area contributed by atoms with Crippen LogP contribution in [0.15, 0.2) is 24.3 Å². The van der Waals surface area contributed by atoms with Crippen molar-refractivity contribution in [3.63, 3.8) is 0 Å². The van der Waals surface area contributed by atoms with E-state index in [4.69, 9.17) is 4.43 Å². The van der Waals surface area contributed by atoms with Gasteiger partial charge in [-0.3, -0.25) is 10.2 Å². The Balaban J connectivity index is 1.86. The van der Waals surface area contributed by atoms with Crippen LogP contribution in [0.2, 0.25) is 18.1 Å². The molecular weight excluding hydrogens is 372 g/mol. The topological polar surface area (TPSA) is 82.7 Å². The van der Waals surface area contributed by atoms with Gasteiger partial charge in [-0.25, -0.2) is 10.2 Å². The van der Waals surface area contributed by atoms with Crippen molar-refractivity contribution in [2.24, 2.45) is 5.92 Å². The van der Waals surface area contributed by atoms with Gasteiger partial charge in [0, 0.05) is 43.9 Å². The van der Waals surface area contributed by atoms with E-state index in [1.807, 2.05) is 12.1 Å². The molecule has 0 aliphatic carbocycles. The van der Waals surface area contributed by atoms with E-state index in [1.54, 1.807) is 12.1 Å². The third-order valence-electron chi connectivity index (χ3n) is 5.78. The van der Waals surface area contributed by atoms with Crippen LogP contribution in [0.4, 0.5) is 10.5 Å². The first kappa shape index (κ1) is 22.2. The number of hydrogen-bond acceptors (Lipinski definition) is 4. The van der Waals surface area contributed by atoms with E-state index in [0.29, 0.717) is 11.5 Å². The number of carbonyl (C=O) groups excluding carboxylic acids is 2. The van der Waals surface area contributed by atoms with Crippen molar-refractivity contribution in [1.29, 1.82) is 0 Å². The van der Waals surface area contributed by atoms with Crippen molar-refractivity contribution in [2.45, 2.75) is 45.3 Å². The van der Waals surface area contributed by atoms with Gasteiger partial charge in [-0.2, -0.15) is 0 Å². The van der Waals surface area contributed by atoms with E-state index in [0.717, 1.165) is 31.8 Å². The number of hydrazine groups is 1. The molecule has 1 atom stereocenters. The van der Waals surface area contributed by atoms with Crippen LogP contribution in [-0.2, 0) is 4.43 Å². The number of anilines is 1. The molecule has 7 nitrogen and oxygen atoms in total. The number of carbonyl (C=O) groups is 2. The van der Waals surface area contributed by atoms with Gasteiger partial charge >= 0.3 is 6.03 Å². The minimum absolute atomic E-state index is 0.231. The van der Waals surface area contributed by atoms with Crippen LogP contribution in [0.3, 0.4) is 0 Å². The Morgan fingerprint density at radius 2 is 1.82 bits per heavy atom. The smallest absolute Gasteiger partial charge is 0.333 e. The van der Waals surface area contributed by atoms with Crippen molar-refractivity contribution < 1.29 is 14.0 Å². The standard InChI is InChI=1S/C20H34N4O3Si/c1-20(2,3)28(5,6)27-14-15-11-12-24(13-15)17-9-7-16(8-10-17)18(25)22-23-19(26)21-4/h7-10,15H,11-14H2,1-6H3,(H,22,25)(H2,21,23,26). The van der Waals surface area contributed by atoms with Crippen molar-refractivity contribution in [3.8, 4) is 0 Å². The molecule has 0 saturated carbocycles. The fourth-order valence-electron chi connectivity index (χ4n) is 2.82. The highest BCUT2D eigenvalue weighted by molar-refractivity contribution is 6.74. The molecule has 1 aliphatic rings. The number of urea groups is 1. The number of rotatable bonds is 5. The number of nitrogens with one attached hydrogen (secondary N) is 3. The number of nitrogens with zero attached hydrogens (tertiary/aromatic N) is 1. The number of amides is 3. The highest BCUT2D eigenvalue weighted by Gasteiger charge is 2.38. The van der Waals surface area contributed by atoms with Crippen LogP contribution in [0, 0.1) is 5.92 Å². The maximum absolute atomic E-state index is 12.0. The fraction of sp³-hybridized carbons (Fsp3) is 0.600. The first-order valence-corrected chi connectivity index (χ1v) is 12.7. The lowest BCUT2D eigenvalue weighted by atomic mass is 10.1. The van der Waals surface area contributed by atoms with Crippen molar-refractivity contribution in [2.75, 3.05) is 31.6 Å². The minimum Gasteiger partial charge on any atom is -0.416 e. The van der Waals surface area contributed by atoms with E-state index in [2.05, 4.69) is 54.9 Å². The van der Waals surface area contributed by atoms with Gasteiger partial charge < -0.3 is 14.6 Å². The highest BCUT2D eigenvalue weighted by Crippen LogP contribution is 2.37. The number of hydrogen-bond donors (Lipinski definition) is 3. The molecule has 1 saturated heterocycles. The van der Waals surface area contributed by atoms with Gasteiger partial charge in [0.15, 0.2) is 8.32 Å². The lowest BCUT2D eigenvalue weighted by Crippen LogP contribution is -2.45. The summed E-state index contributed by atoms with van der Waals surface area (Å²) in [5, 5.41) is 2.60. The van der Waals surface area contributed by atoms with Gasteiger partial charge in [0.25, 0.3) is 5.91 Å². The molecule has 1 fully saturated rings. The maximum Gasteiger partial charge on any atom is 0.333 e. The molecule has 0 aromatic heterocycles. The Bertz CT molecular complexity index is 686. The summed E-state index contributed by atoms with van der Waals surface area (Å²) in [5.41, 5.74) is 6.23. The molecule has 1 aromatic rings. The average molecular weight is 407 g/mol. The largest absolute Gasteiger partial charge is 0.416 e. The van der Waals surface area contributed by atoms with E-state index in [9.17, 15) is 9.59 Å². The van der Waals surface area contributed by atoms with E-state index in [-0.39, 0.29) is 10.9 Å². The average Bonchev–Trinajstić information content (AvgIpc) is 3.12. The monoisotopic (exact) mass is 406 g/mol. The summed E-state index contributed by atoms with van der Waals surface area (Å²) < 4.78 is 6.39. The summed E-state index contributed by atoms with van der Waals surface area (Å²) in [6, 6.07) is 6.98. The van der Waals surface area contributed by atoms with E-state index in [1.165, 1.54) is 7.05 Å². The third-order valence-corrected chi connectivity index (χ3v) is 10.3. The van der Waals surface area contributed by atoms with Gasteiger partial charge in [-0.1, -0.05) is 20.8 Å². The zero-order chi connectivity index (χ0) is 20.9. The fourth-order valence-corrected chi connectivity index (χ4v) is 3.90. The van der Waals surface area contributed by atoms with Crippen LogP contribution >= 0.6 is 0 Å². The van der Waals surface area contributed by atoms with Crippen LogP contribution in [0.1, 0.15) is 37.6 Å². The quantitative estimate of drug-likeness (QED) is 0.518. The molecule has 1 aromatic carbocycles. The number of benzene rings is 1. The minimum atomic E-state index is -1.71. The maximum atomic E-state index is 12.0. The predicted molar refractivity (Wildman–Crippen MR) is 115 cm³/mol. The Morgan fingerprint density at radius 1 is 1.18 bits per heavy atom. The SMILES string of the molecule is CNC(=O)NNC(=O)c1ccc(N2CCC(CO[Si](C)(C)C(C)(C)C)C2)cc1. The summed E-state index contributed by atoms with van der Waals surface area (Å²) in [4.78, 5) is 25.5. The second-order valence-electron chi connectivity index (χ2n) is 8.88. The first-order valence-electron chi connectivity index (χ1n) is 9.80. The molecule has 2 rings (SSSR count). The third kappa shape index (κ3) is 5.72. The molecule has 3 N–H and O–H groups in total. The van der Waals surface area contributed by atoms with Gasteiger partial charge in [0.2, 0.25) is 0 Å². The van der Waals surface area contributed by atoms with Gasteiger partial charge in [0.05, 0.1) is 0 Å². The van der Waals surface area contributed by atoms with Crippen molar-refractivity contribution in [1.82, 2.24) is 16.2 Å². The van der Waals surface area contributed by atoms with Crippen LogP contribution < -0.4 is 21.1 Å². The molecule has 0 spiro atoms. The molecule has 0 bridgehead atoms.